The Morgan fingerprint density at radius 3 is 1.06 bits per heavy atom. The van der Waals surface area contributed by atoms with E-state index in [1.807, 2.05) is 128 Å². The monoisotopic (exact) mass is 1250 g/mol. The van der Waals surface area contributed by atoms with E-state index in [0.29, 0.717) is 33.5 Å². The van der Waals surface area contributed by atoms with Crippen LogP contribution in [-0.2, 0) is 45.7 Å². The molecule has 8 N–H and O–H groups in total. The zero-order valence-corrected chi connectivity index (χ0v) is 49.1. The minimum atomic E-state index is -6.06. The second-order valence-electron chi connectivity index (χ2n) is 16.9. The van der Waals surface area contributed by atoms with Gasteiger partial charge in [0.1, 0.15) is 5.60 Å². The van der Waals surface area contributed by atoms with E-state index in [-0.39, 0.29) is 0 Å². The van der Waals surface area contributed by atoms with Crippen LogP contribution in [0.2, 0.25) is 20.1 Å². The third-order valence-electron chi connectivity index (χ3n) is 12.7. The standard InChI is InChI=1S/2C12H16ClNO.C12H15ClO2.C12H15Cl.4C2H6.4O.Os/c2*13-10-6-2-1-5-9(10)12(14)8-4-3-7-11(12)15;13-10-6-2-1-5-9(10)12(15)8-4-3-7-11(12)14;13-12-9-5-4-8-11(12)10-6-2-1-3-7-10;4*1-2;;;;;/h2*1-2,5-6,11,15H,3-4,7-8,14H2;1-2,5-6,11,14-15H,3-4,7-8H2;4-5,8-10H,1-3,6-7H2;4*1-2H3;;;;;. The topological polar surface area (TPSA) is 201 Å². The Labute approximate surface area is 449 Å². The van der Waals surface area contributed by atoms with Crippen molar-refractivity contribution in [1.29, 1.82) is 0 Å². The molecule has 8 rings (SSSR count). The number of hydrogen-bond donors (Lipinski definition) is 6. The molecule has 404 valence electrons. The van der Waals surface area contributed by atoms with Gasteiger partial charge in [0.2, 0.25) is 0 Å². The number of aliphatic hydroxyl groups excluding tert-OH is 3. The van der Waals surface area contributed by atoms with E-state index in [1.54, 1.807) is 12.1 Å². The summed E-state index contributed by atoms with van der Waals surface area (Å²) in [6.07, 6.45) is 15.6. The summed E-state index contributed by atoms with van der Waals surface area (Å²) in [5.74, 6) is 0.724. The number of aliphatic hydroxyl groups is 4. The first-order valence-electron chi connectivity index (χ1n) is 25.7. The molecular formula is C56H86Cl4N2O8Os. The Bertz CT molecular complexity index is 2100. The molecule has 0 heterocycles. The van der Waals surface area contributed by atoms with Gasteiger partial charge in [0, 0.05) is 25.7 Å². The maximum absolute atomic E-state index is 10.5. The van der Waals surface area contributed by atoms with Gasteiger partial charge < -0.3 is 31.9 Å². The molecule has 0 aliphatic heterocycles. The van der Waals surface area contributed by atoms with Gasteiger partial charge in [0.25, 0.3) is 0 Å². The number of benzene rings is 4. The number of halogens is 4. The third-order valence-corrected chi connectivity index (χ3v) is 14.0. The van der Waals surface area contributed by atoms with Crippen molar-refractivity contribution in [2.45, 2.75) is 205 Å². The fourth-order valence-electron chi connectivity index (χ4n) is 9.15. The van der Waals surface area contributed by atoms with E-state index in [4.69, 9.17) is 72.0 Å². The van der Waals surface area contributed by atoms with Crippen LogP contribution in [0.3, 0.4) is 0 Å². The van der Waals surface area contributed by atoms with E-state index in [0.717, 1.165) is 86.3 Å². The normalized spacial score (nSPS) is 24.6. The van der Waals surface area contributed by atoms with Gasteiger partial charge in [-0.25, -0.2) is 0 Å². The van der Waals surface area contributed by atoms with Gasteiger partial charge in [0.05, 0.1) is 29.4 Å². The van der Waals surface area contributed by atoms with E-state index in [1.165, 1.54) is 37.7 Å². The Kier molecular flexibility index (Phi) is 35.3. The van der Waals surface area contributed by atoms with Crippen LogP contribution < -0.4 is 11.5 Å². The number of hydrogen-bond acceptors (Lipinski definition) is 10. The Hall–Kier alpha value is -2.36. The second kappa shape index (κ2) is 36.6. The molecule has 4 saturated carbocycles. The molecule has 0 radical (unpaired) electrons. The van der Waals surface area contributed by atoms with Crippen LogP contribution in [0.25, 0.3) is 0 Å². The van der Waals surface area contributed by atoms with Crippen molar-refractivity contribution < 1.29 is 49.4 Å². The van der Waals surface area contributed by atoms with Crippen molar-refractivity contribution in [3.8, 4) is 0 Å². The molecule has 10 nitrogen and oxygen atoms in total. The molecule has 0 bridgehead atoms. The molecule has 6 atom stereocenters. The van der Waals surface area contributed by atoms with Gasteiger partial charge in [-0.1, -0.05) is 232 Å². The van der Waals surface area contributed by atoms with Crippen molar-refractivity contribution >= 4 is 46.4 Å². The molecule has 15 heteroatoms. The average Bonchev–Trinajstić information content (AvgIpc) is 3.38. The van der Waals surface area contributed by atoms with E-state index in [9.17, 15) is 20.4 Å². The van der Waals surface area contributed by atoms with Gasteiger partial charge in [-0.2, -0.15) is 0 Å². The van der Waals surface area contributed by atoms with Crippen LogP contribution in [-0.4, -0.2) is 38.7 Å². The molecule has 4 aliphatic rings. The summed E-state index contributed by atoms with van der Waals surface area (Å²) in [6.45, 7) is 16.0. The summed E-state index contributed by atoms with van der Waals surface area (Å²) in [6, 6.07) is 30.5. The molecule has 0 amide bonds. The molecule has 0 aromatic heterocycles. The molecule has 71 heavy (non-hydrogen) atoms. The first-order chi connectivity index (χ1) is 33.8. The predicted octanol–water partition coefficient (Wildman–Crippen LogP) is 15.3. The van der Waals surface area contributed by atoms with Crippen LogP contribution in [0, 0.1) is 0 Å². The van der Waals surface area contributed by atoms with Crippen LogP contribution in [0.4, 0.5) is 0 Å². The van der Waals surface area contributed by atoms with Gasteiger partial charge in [-0.15, -0.1) is 0 Å². The number of nitrogens with two attached hydrogens (primary N) is 2. The van der Waals surface area contributed by atoms with Crippen LogP contribution in [0.15, 0.2) is 97.1 Å². The summed E-state index contributed by atoms with van der Waals surface area (Å²) in [4.78, 5) is 0. The van der Waals surface area contributed by atoms with Crippen LogP contribution >= 0.6 is 46.4 Å². The summed E-state index contributed by atoms with van der Waals surface area (Å²) >= 11 is 18.4. The first kappa shape index (κ1) is 68.6. The average molecular weight is 1250 g/mol. The zero-order chi connectivity index (χ0) is 54.3. The molecule has 0 spiro atoms. The van der Waals surface area contributed by atoms with Gasteiger partial charge in [-0.05, 0) is 98.2 Å². The molecule has 6 unspecified atom stereocenters. The second-order valence-corrected chi connectivity index (χ2v) is 21.1. The zero-order valence-electron chi connectivity index (χ0n) is 43.5. The third kappa shape index (κ3) is 22.6. The van der Waals surface area contributed by atoms with Crippen LogP contribution in [0.5, 0.6) is 0 Å². The van der Waals surface area contributed by atoms with E-state index in [2.05, 4.69) is 12.1 Å². The molecule has 0 saturated heterocycles. The summed E-state index contributed by atoms with van der Waals surface area (Å²) in [5.41, 5.74) is 13.9. The van der Waals surface area contributed by atoms with Crippen LogP contribution in [0.1, 0.15) is 193 Å². The van der Waals surface area contributed by atoms with Crippen molar-refractivity contribution in [3.05, 3.63) is 139 Å². The molecule has 4 aliphatic carbocycles. The fraction of sp³-hybridized carbons (Fsp3) is 0.571. The van der Waals surface area contributed by atoms with Crippen molar-refractivity contribution in [2.75, 3.05) is 0 Å². The Morgan fingerprint density at radius 2 is 0.718 bits per heavy atom. The molecule has 4 fully saturated rings. The van der Waals surface area contributed by atoms with E-state index >= 15 is 0 Å². The minimum absolute atomic E-state index is 0.480. The number of rotatable bonds is 4. The maximum atomic E-state index is 10.5. The molecular weight excluding hydrogens is 1160 g/mol. The summed E-state index contributed by atoms with van der Waals surface area (Å²) in [5, 5.41) is 43.2. The Morgan fingerprint density at radius 1 is 0.423 bits per heavy atom. The summed E-state index contributed by atoms with van der Waals surface area (Å²) < 4.78 is 34.5. The first-order valence-corrected chi connectivity index (χ1v) is 31.4. The van der Waals surface area contributed by atoms with E-state index < -0.39 is 49.8 Å². The Balaban J connectivity index is 0.000000852. The van der Waals surface area contributed by atoms with Crippen molar-refractivity contribution in [3.63, 3.8) is 0 Å². The molecule has 4 aromatic rings. The quantitative estimate of drug-likeness (QED) is 0.114. The predicted molar refractivity (Wildman–Crippen MR) is 289 cm³/mol. The van der Waals surface area contributed by atoms with Gasteiger partial charge in [-0.3, -0.25) is 0 Å². The SMILES string of the molecule is CC.CC.CC.CC.Clc1ccccc1C1CCCCC1.NC1(c2ccccc2Cl)CCCCC1O.NC1(c2ccccc2Cl)CCCCC1O.OC1CCCCC1(O)c1ccccc1Cl.[O]=[Os](=[O])(=[O])=[O]. The molecule has 4 aromatic carbocycles. The summed E-state index contributed by atoms with van der Waals surface area (Å²) in [7, 11) is 0. The van der Waals surface area contributed by atoms with Crippen molar-refractivity contribution in [2.24, 2.45) is 11.5 Å². The van der Waals surface area contributed by atoms with Gasteiger partial charge >= 0.3 is 29.0 Å². The van der Waals surface area contributed by atoms with Crippen molar-refractivity contribution in [1.82, 2.24) is 0 Å². The fourth-order valence-corrected chi connectivity index (χ4v) is 10.4. The van der Waals surface area contributed by atoms with Gasteiger partial charge in [0.15, 0.2) is 0 Å².